The minimum atomic E-state index is -2.33. The van der Waals surface area contributed by atoms with Crippen LogP contribution in [0, 0.1) is 0 Å². The van der Waals surface area contributed by atoms with Crippen molar-refractivity contribution in [1.29, 1.82) is 0 Å². The first-order valence-corrected chi connectivity index (χ1v) is 3.06. The van der Waals surface area contributed by atoms with E-state index in [4.69, 9.17) is 75.0 Å². The van der Waals surface area contributed by atoms with E-state index < -0.39 is 30.8 Å². The first kappa shape index (κ1) is 73.7. The Balaban J connectivity index is -0.0000000114. The van der Waals surface area contributed by atoms with Gasteiger partial charge in [0.05, 0.1) is 0 Å². The maximum atomic E-state index is 8.33. The van der Waals surface area contributed by atoms with Crippen LogP contribution in [0.25, 0.3) is 0 Å². The van der Waals surface area contributed by atoms with Crippen molar-refractivity contribution < 1.29 is 120 Å². The largest absolute Gasteiger partial charge is 3.00 e. The summed E-state index contributed by atoms with van der Waals surface area (Å²) in [5.74, 6) is 0. The molecule has 0 heterocycles. The van der Waals surface area contributed by atoms with Gasteiger partial charge in [-0.1, -0.05) is 0 Å². The summed E-state index contributed by atoms with van der Waals surface area (Å²) in [5, 5.41) is 83.3. The van der Waals surface area contributed by atoms with Crippen molar-refractivity contribution in [3.63, 3.8) is 0 Å². The van der Waals surface area contributed by atoms with Crippen LogP contribution >= 0.6 is 0 Å². The van der Waals surface area contributed by atoms with Crippen molar-refractivity contribution in [3.8, 4) is 0 Å². The SMILES string of the molecule is O.O.O=C([O-])[O-].O=C([O-])[O-].O=C([O-])[O-].O=C([O-])[O-].O=C([O-])[O-].[Fe+3].[Fe+3].[Mg+2].[Mg+2]. The van der Waals surface area contributed by atoms with Crippen molar-refractivity contribution in [1.82, 2.24) is 0 Å². The zero-order chi connectivity index (χ0) is 17.9. The average Bonchev–Trinajstić information content (AvgIpc) is 1.94. The molecule has 21 heteroatoms. The molecule has 0 aliphatic rings. The third-order valence-electron chi connectivity index (χ3n) is 0. The van der Waals surface area contributed by atoms with Gasteiger partial charge < -0.3 is 86.0 Å². The van der Waals surface area contributed by atoms with E-state index in [-0.39, 0.29) is 91.2 Å². The molecule has 0 aromatic heterocycles. The van der Waals surface area contributed by atoms with Crippen LogP contribution in [0.4, 0.5) is 24.0 Å². The van der Waals surface area contributed by atoms with Gasteiger partial charge in [-0.25, -0.2) is 0 Å². The monoisotopic (exact) mass is 496 g/mol. The fraction of sp³-hybridized carbons (Fsp3) is 0. The van der Waals surface area contributed by atoms with E-state index in [1.165, 1.54) is 0 Å². The van der Waals surface area contributed by atoms with E-state index in [2.05, 4.69) is 0 Å². The van der Waals surface area contributed by atoms with E-state index in [1.54, 1.807) is 0 Å². The second kappa shape index (κ2) is 64.9. The smallest absolute Gasteiger partial charge is 0.652 e. The quantitative estimate of drug-likeness (QED) is 0.281. The van der Waals surface area contributed by atoms with Crippen LogP contribution in [0.15, 0.2) is 0 Å². The first-order valence-electron chi connectivity index (χ1n) is 3.06. The maximum Gasteiger partial charge on any atom is 3.00 e. The molecule has 146 valence electrons. The van der Waals surface area contributed by atoms with Crippen LogP contribution in [-0.4, -0.2) is 87.8 Å². The molecule has 0 aromatic carbocycles. The molecule has 2 radical (unpaired) electrons. The standard InChI is InChI=1S/5CH2O3.2Fe.2Mg.2H2O/c5*2-1(3)4;;;;;;/h5*(H2,2,3,4);;;;;2*1H2/q;;;;;2*+3;2*+2;;/p-10. The molecule has 0 unspecified atom stereocenters. The minimum absolute atomic E-state index is 0. The third kappa shape index (κ3) is 8120. The van der Waals surface area contributed by atoms with E-state index in [0.717, 1.165) is 0 Å². The van der Waals surface area contributed by atoms with Gasteiger partial charge in [0, 0.05) is 0 Å². The van der Waals surface area contributed by atoms with E-state index >= 15 is 0 Å². The number of rotatable bonds is 0. The molecule has 0 spiro atoms. The molecule has 0 fully saturated rings. The fourth-order valence-electron chi connectivity index (χ4n) is 0. The molecule has 0 rings (SSSR count). The fourth-order valence-corrected chi connectivity index (χ4v) is 0. The third-order valence-corrected chi connectivity index (χ3v) is 0. The summed E-state index contributed by atoms with van der Waals surface area (Å²) in [4.78, 5) is 41.7. The number of carbonyl (C=O) groups excluding carboxylic acids is 5. The Morgan fingerprint density at radius 1 is 0.346 bits per heavy atom. The maximum absolute atomic E-state index is 8.33. The van der Waals surface area contributed by atoms with Crippen molar-refractivity contribution in [3.05, 3.63) is 0 Å². The summed E-state index contributed by atoms with van der Waals surface area (Å²) in [6, 6.07) is 0. The zero-order valence-electron chi connectivity index (χ0n) is 11.7. The predicted molar refractivity (Wildman–Crippen MR) is 45.7 cm³/mol. The molecule has 0 bridgehead atoms. The Kier molecular flexibility index (Phi) is 184. The van der Waals surface area contributed by atoms with Gasteiger partial charge in [0.1, 0.15) is 0 Å². The zero-order valence-corrected chi connectivity index (χ0v) is 16.8. The molecule has 4 N–H and O–H groups in total. The van der Waals surface area contributed by atoms with Crippen LogP contribution in [0.1, 0.15) is 0 Å². The molecule has 0 aliphatic carbocycles. The number of carbonyl (C=O) groups is 5. The summed E-state index contributed by atoms with van der Waals surface area (Å²) >= 11 is 0. The minimum Gasteiger partial charge on any atom is -0.652 e. The topological polar surface area (TPSA) is 379 Å². The van der Waals surface area contributed by atoms with Crippen LogP contribution in [0.2, 0.25) is 0 Å². The van der Waals surface area contributed by atoms with Crippen molar-refractivity contribution in [2.75, 3.05) is 0 Å². The molecule has 0 aromatic rings. The summed E-state index contributed by atoms with van der Waals surface area (Å²) < 4.78 is 0. The Labute approximate surface area is 196 Å². The summed E-state index contributed by atoms with van der Waals surface area (Å²) in [5.41, 5.74) is 0. The average molecular weight is 496 g/mol. The van der Waals surface area contributed by atoms with Crippen LogP contribution in [0.5, 0.6) is 0 Å². The molecule has 0 atom stereocenters. The van der Waals surface area contributed by atoms with Crippen LogP contribution in [-0.2, 0) is 34.1 Å². The molecule has 0 aliphatic heterocycles. The molecule has 0 amide bonds. The van der Waals surface area contributed by atoms with Gasteiger partial charge in [0.25, 0.3) is 0 Å². The van der Waals surface area contributed by atoms with Gasteiger partial charge in [-0.15, -0.1) is 0 Å². The van der Waals surface area contributed by atoms with E-state index in [9.17, 15) is 0 Å². The van der Waals surface area contributed by atoms with Crippen LogP contribution < -0.4 is 51.1 Å². The summed E-state index contributed by atoms with van der Waals surface area (Å²) in [6.45, 7) is 0. The Morgan fingerprint density at radius 3 is 0.346 bits per heavy atom. The number of carboxylic acid groups (broad SMARTS) is 10. The Morgan fingerprint density at radius 2 is 0.346 bits per heavy atom. The number of hydrogen-bond donors (Lipinski definition) is 0. The number of hydrogen-bond acceptors (Lipinski definition) is 15. The van der Waals surface area contributed by atoms with Gasteiger partial charge in [0.15, 0.2) is 0 Å². The molecule has 0 saturated carbocycles. The van der Waals surface area contributed by atoms with Crippen molar-refractivity contribution >= 4 is 76.9 Å². The molecule has 0 saturated heterocycles. The molecular weight excluding hydrogens is 492 g/mol. The van der Waals surface area contributed by atoms with Gasteiger partial charge >= 0.3 is 80.2 Å². The summed E-state index contributed by atoms with van der Waals surface area (Å²) in [7, 11) is 0. The van der Waals surface area contributed by atoms with Crippen molar-refractivity contribution in [2.45, 2.75) is 0 Å². The Hall–Kier alpha value is -1.16. The van der Waals surface area contributed by atoms with Crippen LogP contribution in [0.3, 0.4) is 0 Å². The Bertz CT molecular complexity index is 222. The second-order valence-corrected chi connectivity index (χ2v) is 1.25. The second-order valence-electron chi connectivity index (χ2n) is 1.25. The van der Waals surface area contributed by atoms with Gasteiger partial charge in [-0.05, 0) is 30.8 Å². The van der Waals surface area contributed by atoms with Gasteiger partial charge in [-0.3, -0.25) is 0 Å². The molecular formula is C5H4Fe2Mg2O17. The molecule has 26 heavy (non-hydrogen) atoms. The van der Waals surface area contributed by atoms with Gasteiger partial charge in [-0.2, -0.15) is 0 Å². The predicted octanol–water partition coefficient (Wildman–Crippen LogP) is -14.7. The summed E-state index contributed by atoms with van der Waals surface area (Å²) in [6.07, 6.45) is -11.7. The normalized spacial score (nSPS) is 4.62. The van der Waals surface area contributed by atoms with E-state index in [0.29, 0.717) is 0 Å². The van der Waals surface area contributed by atoms with E-state index in [1.807, 2.05) is 0 Å². The first-order chi connectivity index (χ1) is 8.66. The molecule has 17 nitrogen and oxygen atoms in total. The van der Waals surface area contributed by atoms with Gasteiger partial charge in [0.2, 0.25) is 0 Å². The van der Waals surface area contributed by atoms with Crippen molar-refractivity contribution in [2.24, 2.45) is 0 Å².